The molecule has 0 heterocycles. The van der Waals surface area contributed by atoms with Crippen molar-refractivity contribution in [2.24, 2.45) is 5.92 Å². The molecule has 89 valence electrons. The van der Waals surface area contributed by atoms with Gasteiger partial charge in [0.05, 0.1) is 6.42 Å². The molecule has 0 spiro atoms. The number of Topliss-reactive ketones (excluding diaryl/α,β-unsaturated/α-hetero) is 2. The van der Waals surface area contributed by atoms with E-state index in [-0.39, 0.29) is 70.0 Å². The zero-order chi connectivity index (χ0) is 10.8. The fraction of sp³-hybridized carbons (Fsp3) is 0.357. The standard InChI is InChI=1S/C13H14O2.CH3.Y/c1-9-12(7-11(14)8-13(9)15)10-5-3-2-4-6-10;;/h2-6,9,12H,7-8H2,1H3;1H3;/q;-1;/t9-,12+;;/m0../s1. The minimum atomic E-state index is -0.0231. The maximum absolute atomic E-state index is 11.6. The van der Waals surface area contributed by atoms with E-state index in [0.717, 1.165) is 5.56 Å². The number of rotatable bonds is 1. The molecule has 0 saturated heterocycles. The molecule has 1 saturated carbocycles. The summed E-state index contributed by atoms with van der Waals surface area (Å²) in [4.78, 5) is 22.9. The molecular formula is C14H17O2Y-. The summed E-state index contributed by atoms with van der Waals surface area (Å²) in [5, 5.41) is 0. The van der Waals surface area contributed by atoms with E-state index < -0.39 is 0 Å². The van der Waals surface area contributed by atoms with Crippen LogP contribution in [0.3, 0.4) is 0 Å². The normalized spacial score (nSPS) is 23.6. The van der Waals surface area contributed by atoms with Crippen molar-refractivity contribution in [2.75, 3.05) is 0 Å². The molecular weight excluding hydrogens is 289 g/mol. The van der Waals surface area contributed by atoms with Gasteiger partial charge in [0.25, 0.3) is 0 Å². The van der Waals surface area contributed by atoms with Gasteiger partial charge >= 0.3 is 0 Å². The summed E-state index contributed by atoms with van der Waals surface area (Å²) in [6.07, 6.45) is 0.640. The zero-order valence-electron chi connectivity index (χ0n) is 10.3. The fourth-order valence-corrected chi connectivity index (χ4v) is 2.18. The largest absolute Gasteiger partial charge is 0.358 e. The Morgan fingerprint density at radius 1 is 1.12 bits per heavy atom. The number of carbonyl (C=O) groups excluding carboxylic acids is 2. The van der Waals surface area contributed by atoms with Gasteiger partial charge < -0.3 is 7.43 Å². The Morgan fingerprint density at radius 2 is 1.71 bits per heavy atom. The molecule has 0 unspecified atom stereocenters. The van der Waals surface area contributed by atoms with Crippen molar-refractivity contribution in [1.82, 2.24) is 0 Å². The van der Waals surface area contributed by atoms with E-state index in [0.29, 0.717) is 6.42 Å². The Bertz CT molecular complexity index is 386. The van der Waals surface area contributed by atoms with Gasteiger partial charge in [-0.1, -0.05) is 37.3 Å². The SMILES string of the molecule is C[C@@H]1C(=O)CC(=O)C[C@H]1c1ccccc1.[CH3-].[Y]. The maximum Gasteiger partial charge on any atom is 0.143 e. The molecule has 1 aromatic rings. The molecule has 0 N–H and O–H groups in total. The van der Waals surface area contributed by atoms with Crippen LogP contribution in [0.2, 0.25) is 0 Å². The first-order valence-electron chi connectivity index (χ1n) is 5.28. The molecule has 1 aliphatic rings. The summed E-state index contributed by atoms with van der Waals surface area (Å²) in [5.74, 6) is 0.220. The molecule has 0 amide bonds. The molecule has 2 rings (SSSR count). The maximum atomic E-state index is 11.6. The number of benzene rings is 1. The van der Waals surface area contributed by atoms with Crippen molar-refractivity contribution < 1.29 is 42.3 Å². The third-order valence-electron chi connectivity index (χ3n) is 3.16. The van der Waals surface area contributed by atoms with Crippen molar-refractivity contribution >= 4 is 11.6 Å². The molecule has 1 aromatic carbocycles. The Morgan fingerprint density at radius 3 is 2.29 bits per heavy atom. The summed E-state index contributed by atoms with van der Waals surface area (Å²) in [7, 11) is 0. The van der Waals surface area contributed by atoms with Crippen LogP contribution >= 0.6 is 0 Å². The van der Waals surface area contributed by atoms with Crippen LogP contribution in [0.15, 0.2) is 30.3 Å². The molecule has 2 atom stereocenters. The zero-order valence-corrected chi connectivity index (χ0v) is 13.2. The molecule has 17 heavy (non-hydrogen) atoms. The van der Waals surface area contributed by atoms with Gasteiger partial charge in [-0.3, -0.25) is 9.59 Å². The van der Waals surface area contributed by atoms with Crippen LogP contribution < -0.4 is 0 Å². The third kappa shape index (κ3) is 3.82. The minimum absolute atomic E-state index is 0. The summed E-state index contributed by atoms with van der Waals surface area (Å²) in [6, 6.07) is 9.83. The van der Waals surface area contributed by atoms with Gasteiger partial charge in [0, 0.05) is 51.0 Å². The second kappa shape index (κ2) is 7.18. The van der Waals surface area contributed by atoms with Gasteiger partial charge in [0.15, 0.2) is 0 Å². The Balaban J connectivity index is 0.00000128. The van der Waals surface area contributed by atoms with Gasteiger partial charge in [-0.15, -0.1) is 0 Å². The van der Waals surface area contributed by atoms with Gasteiger partial charge in [-0.05, 0) is 5.56 Å². The quantitative estimate of drug-likeness (QED) is 0.590. The molecule has 1 aliphatic carbocycles. The van der Waals surface area contributed by atoms with Crippen molar-refractivity contribution in [3.8, 4) is 0 Å². The molecule has 1 radical (unpaired) electrons. The first kappa shape index (κ1) is 16.7. The molecule has 0 aromatic heterocycles. The number of carbonyl (C=O) groups is 2. The van der Waals surface area contributed by atoms with E-state index in [1.807, 2.05) is 37.3 Å². The number of hydrogen-bond acceptors (Lipinski definition) is 2. The van der Waals surface area contributed by atoms with E-state index in [2.05, 4.69) is 0 Å². The fourth-order valence-electron chi connectivity index (χ4n) is 2.18. The summed E-state index contributed by atoms with van der Waals surface area (Å²) in [5.41, 5.74) is 1.10. The van der Waals surface area contributed by atoms with Crippen LogP contribution in [0.4, 0.5) is 0 Å². The van der Waals surface area contributed by atoms with E-state index in [4.69, 9.17) is 0 Å². The molecule has 0 aliphatic heterocycles. The number of ketones is 2. The summed E-state index contributed by atoms with van der Waals surface area (Å²) >= 11 is 0. The van der Waals surface area contributed by atoms with Crippen LogP contribution in [-0.4, -0.2) is 11.6 Å². The average molecular weight is 306 g/mol. The monoisotopic (exact) mass is 306 g/mol. The molecule has 0 bridgehead atoms. The third-order valence-corrected chi connectivity index (χ3v) is 3.16. The van der Waals surface area contributed by atoms with E-state index in [1.165, 1.54) is 0 Å². The summed E-state index contributed by atoms with van der Waals surface area (Å²) in [6.45, 7) is 1.92. The van der Waals surface area contributed by atoms with E-state index in [1.54, 1.807) is 0 Å². The van der Waals surface area contributed by atoms with Crippen molar-refractivity contribution in [1.29, 1.82) is 0 Å². The van der Waals surface area contributed by atoms with Crippen LogP contribution in [0.25, 0.3) is 0 Å². The van der Waals surface area contributed by atoms with Crippen LogP contribution in [0.5, 0.6) is 0 Å². The van der Waals surface area contributed by atoms with Crippen LogP contribution in [-0.2, 0) is 42.3 Å². The second-order valence-electron chi connectivity index (χ2n) is 4.19. The minimum Gasteiger partial charge on any atom is -0.358 e. The van der Waals surface area contributed by atoms with E-state index in [9.17, 15) is 9.59 Å². The van der Waals surface area contributed by atoms with Gasteiger partial charge in [0.2, 0.25) is 0 Å². The van der Waals surface area contributed by atoms with Crippen molar-refractivity contribution in [3.63, 3.8) is 0 Å². The molecule has 3 heteroatoms. The smallest absolute Gasteiger partial charge is 0.143 e. The molecule has 2 nitrogen and oxygen atoms in total. The van der Waals surface area contributed by atoms with Gasteiger partial charge in [-0.25, -0.2) is 0 Å². The predicted octanol–water partition coefficient (Wildman–Crippen LogP) is 2.79. The van der Waals surface area contributed by atoms with Crippen molar-refractivity contribution in [2.45, 2.75) is 25.7 Å². The Hall–Kier alpha value is -0.336. The van der Waals surface area contributed by atoms with Crippen LogP contribution in [0.1, 0.15) is 31.2 Å². The predicted molar refractivity (Wildman–Crippen MR) is 64.0 cm³/mol. The van der Waals surface area contributed by atoms with Gasteiger partial charge in [0.1, 0.15) is 11.6 Å². The van der Waals surface area contributed by atoms with Crippen LogP contribution in [0, 0.1) is 13.3 Å². The topological polar surface area (TPSA) is 34.1 Å². The van der Waals surface area contributed by atoms with E-state index >= 15 is 0 Å². The first-order valence-corrected chi connectivity index (χ1v) is 5.28. The summed E-state index contributed by atoms with van der Waals surface area (Å²) < 4.78 is 0. The average Bonchev–Trinajstić information content (AvgIpc) is 2.24. The van der Waals surface area contributed by atoms with Gasteiger partial charge in [-0.2, -0.15) is 0 Å². The number of hydrogen-bond donors (Lipinski definition) is 0. The molecule has 1 fully saturated rings. The second-order valence-corrected chi connectivity index (χ2v) is 4.19. The Kier molecular flexibility index (Phi) is 7.03. The first-order chi connectivity index (χ1) is 7.18. The Labute approximate surface area is 128 Å². The van der Waals surface area contributed by atoms with Crippen molar-refractivity contribution in [3.05, 3.63) is 43.3 Å².